The molecule has 25 heavy (non-hydrogen) atoms. The average Bonchev–Trinajstić information content (AvgIpc) is 3.09. The number of aromatic nitrogens is 4. The van der Waals surface area contributed by atoms with Crippen LogP contribution in [0.15, 0.2) is 54.6 Å². The molecule has 1 amide bonds. The van der Waals surface area contributed by atoms with Crippen LogP contribution >= 0.6 is 0 Å². The van der Waals surface area contributed by atoms with Crippen molar-refractivity contribution in [1.29, 1.82) is 0 Å². The zero-order valence-electron chi connectivity index (χ0n) is 13.8. The largest absolute Gasteiger partial charge is 0.354 e. The first-order chi connectivity index (χ1) is 12.1. The third kappa shape index (κ3) is 4.47. The summed E-state index contributed by atoms with van der Waals surface area (Å²) in [4.78, 5) is 13.3. The van der Waals surface area contributed by atoms with Crippen molar-refractivity contribution in [1.82, 2.24) is 25.5 Å². The van der Waals surface area contributed by atoms with E-state index in [9.17, 15) is 9.18 Å². The molecular formula is C18H18FN5O. The van der Waals surface area contributed by atoms with Crippen LogP contribution in [-0.4, -0.2) is 32.7 Å². The molecule has 128 valence electrons. The molecule has 0 aliphatic heterocycles. The number of carbonyl (C=O) groups is 1. The van der Waals surface area contributed by atoms with Crippen molar-refractivity contribution in [2.75, 3.05) is 6.54 Å². The van der Waals surface area contributed by atoms with E-state index in [0.29, 0.717) is 17.9 Å². The first-order valence-electron chi connectivity index (χ1n) is 7.97. The Morgan fingerprint density at radius 3 is 2.60 bits per heavy atom. The highest BCUT2D eigenvalue weighted by Crippen LogP contribution is 2.14. The highest BCUT2D eigenvalue weighted by atomic mass is 19.1. The Labute approximate surface area is 144 Å². The minimum Gasteiger partial charge on any atom is -0.354 e. The lowest BCUT2D eigenvalue weighted by molar-refractivity contribution is -0.122. The van der Waals surface area contributed by atoms with E-state index in [1.165, 1.54) is 22.5 Å². The van der Waals surface area contributed by atoms with Gasteiger partial charge in [0.15, 0.2) is 0 Å². The van der Waals surface area contributed by atoms with Crippen molar-refractivity contribution in [3.63, 3.8) is 0 Å². The van der Waals surface area contributed by atoms with Gasteiger partial charge in [-0.2, -0.15) is 4.80 Å². The Morgan fingerprint density at radius 2 is 1.88 bits per heavy atom. The number of hydrogen-bond acceptors (Lipinski definition) is 4. The molecule has 1 aromatic heterocycles. The number of hydrogen-bond donors (Lipinski definition) is 1. The van der Waals surface area contributed by atoms with E-state index in [0.717, 1.165) is 0 Å². The van der Waals surface area contributed by atoms with Gasteiger partial charge >= 0.3 is 0 Å². The van der Waals surface area contributed by atoms with Crippen molar-refractivity contribution < 1.29 is 9.18 Å². The number of benzene rings is 2. The lowest BCUT2D eigenvalue weighted by Crippen LogP contribution is -2.31. The Bertz CT molecular complexity index is 832. The van der Waals surface area contributed by atoms with Gasteiger partial charge in [0.2, 0.25) is 11.7 Å². The Balaban J connectivity index is 1.54. The number of carbonyl (C=O) groups excluding carboxylic acids is 1. The number of rotatable bonds is 6. The summed E-state index contributed by atoms with van der Waals surface area (Å²) in [5.74, 6) is 0.0444. The van der Waals surface area contributed by atoms with Gasteiger partial charge in [0, 0.05) is 12.1 Å². The number of amides is 1. The molecule has 0 saturated carbocycles. The fourth-order valence-corrected chi connectivity index (χ4v) is 2.38. The molecule has 0 bridgehead atoms. The molecule has 1 unspecified atom stereocenters. The Hall–Kier alpha value is -3.09. The van der Waals surface area contributed by atoms with E-state index in [1.54, 1.807) is 12.1 Å². The van der Waals surface area contributed by atoms with Crippen LogP contribution in [-0.2, 0) is 11.3 Å². The van der Waals surface area contributed by atoms with Crippen LogP contribution in [0.4, 0.5) is 4.39 Å². The van der Waals surface area contributed by atoms with E-state index in [-0.39, 0.29) is 24.2 Å². The normalized spacial score (nSPS) is 11.9. The van der Waals surface area contributed by atoms with Crippen LogP contribution in [0, 0.1) is 5.82 Å². The van der Waals surface area contributed by atoms with Crippen molar-refractivity contribution >= 4 is 5.91 Å². The third-order valence-electron chi connectivity index (χ3n) is 3.81. The van der Waals surface area contributed by atoms with Gasteiger partial charge in [-0.1, -0.05) is 37.3 Å². The quantitative estimate of drug-likeness (QED) is 0.748. The standard InChI is InChI=1S/C18H18FN5O/c1-13(14-5-3-2-4-6-14)11-20-17(25)12-24-22-18(21-23-24)15-7-9-16(19)10-8-15/h2-10,13H,11-12H2,1H3,(H,20,25). The van der Waals surface area contributed by atoms with Crippen molar-refractivity contribution in [2.45, 2.75) is 19.4 Å². The van der Waals surface area contributed by atoms with E-state index in [2.05, 4.69) is 27.7 Å². The maximum Gasteiger partial charge on any atom is 0.243 e. The minimum absolute atomic E-state index is 0.0182. The van der Waals surface area contributed by atoms with Crippen molar-refractivity contribution in [3.05, 3.63) is 66.0 Å². The second-order valence-electron chi connectivity index (χ2n) is 5.77. The van der Waals surface area contributed by atoms with Crippen LogP contribution in [0.1, 0.15) is 18.4 Å². The molecule has 0 saturated heterocycles. The van der Waals surface area contributed by atoms with Crippen molar-refractivity contribution in [3.8, 4) is 11.4 Å². The third-order valence-corrected chi connectivity index (χ3v) is 3.81. The molecule has 3 rings (SSSR count). The van der Waals surface area contributed by atoms with Gasteiger partial charge in [-0.15, -0.1) is 10.2 Å². The van der Waals surface area contributed by atoms with Crippen LogP contribution in [0.5, 0.6) is 0 Å². The van der Waals surface area contributed by atoms with E-state index >= 15 is 0 Å². The fraction of sp³-hybridized carbons (Fsp3) is 0.222. The molecule has 1 atom stereocenters. The molecule has 0 aliphatic rings. The zero-order valence-corrected chi connectivity index (χ0v) is 13.8. The summed E-state index contributed by atoms with van der Waals surface area (Å²) in [5, 5.41) is 14.8. The van der Waals surface area contributed by atoms with Gasteiger partial charge in [-0.3, -0.25) is 4.79 Å². The SMILES string of the molecule is CC(CNC(=O)Cn1nnc(-c2ccc(F)cc2)n1)c1ccccc1. The lowest BCUT2D eigenvalue weighted by atomic mass is 10.0. The lowest BCUT2D eigenvalue weighted by Gasteiger charge is -2.12. The summed E-state index contributed by atoms with van der Waals surface area (Å²) in [6, 6.07) is 15.8. The van der Waals surface area contributed by atoms with Crippen LogP contribution < -0.4 is 5.32 Å². The summed E-state index contributed by atoms with van der Waals surface area (Å²) >= 11 is 0. The molecule has 1 N–H and O–H groups in total. The molecule has 0 aliphatic carbocycles. The molecule has 0 radical (unpaired) electrons. The smallest absolute Gasteiger partial charge is 0.243 e. The number of nitrogens with zero attached hydrogens (tertiary/aromatic N) is 4. The summed E-state index contributed by atoms with van der Waals surface area (Å²) in [6.07, 6.45) is 0. The maximum atomic E-state index is 12.9. The zero-order chi connectivity index (χ0) is 17.6. The topological polar surface area (TPSA) is 72.7 Å². The number of tetrazole rings is 1. The molecule has 7 heteroatoms. The van der Waals surface area contributed by atoms with Gasteiger partial charge < -0.3 is 5.32 Å². The summed E-state index contributed by atoms with van der Waals surface area (Å²) in [5.41, 5.74) is 1.81. The van der Waals surface area contributed by atoms with Crippen LogP contribution in [0.3, 0.4) is 0 Å². The first-order valence-corrected chi connectivity index (χ1v) is 7.97. The highest BCUT2D eigenvalue weighted by Gasteiger charge is 2.11. The number of halogens is 1. The average molecular weight is 339 g/mol. The summed E-state index contributed by atoms with van der Waals surface area (Å²) in [6.45, 7) is 2.56. The Morgan fingerprint density at radius 1 is 1.16 bits per heavy atom. The molecule has 3 aromatic rings. The monoisotopic (exact) mass is 339 g/mol. The Kier molecular flexibility index (Phi) is 5.13. The second kappa shape index (κ2) is 7.65. The predicted octanol–water partition coefficient (Wildman–Crippen LogP) is 2.40. The van der Waals surface area contributed by atoms with Crippen LogP contribution in [0.2, 0.25) is 0 Å². The van der Waals surface area contributed by atoms with Gasteiger partial charge in [-0.05, 0) is 41.0 Å². The molecule has 1 heterocycles. The van der Waals surface area contributed by atoms with E-state index in [4.69, 9.17) is 0 Å². The van der Waals surface area contributed by atoms with Gasteiger partial charge in [0.05, 0.1) is 0 Å². The van der Waals surface area contributed by atoms with Gasteiger partial charge in [0.1, 0.15) is 12.4 Å². The summed E-state index contributed by atoms with van der Waals surface area (Å²) in [7, 11) is 0. The number of nitrogens with one attached hydrogen (secondary N) is 1. The van der Waals surface area contributed by atoms with Gasteiger partial charge in [-0.25, -0.2) is 4.39 Å². The van der Waals surface area contributed by atoms with Crippen LogP contribution in [0.25, 0.3) is 11.4 Å². The fourth-order valence-electron chi connectivity index (χ4n) is 2.38. The second-order valence-corrected chi connectivity index (χ2v) is 5.77. The minimum atomic E-state index is -0.331. The molecule has 0 spiro atoms. The highest BCUT2D eigenvalue weighted by molar-refractivity contribution is 5.75. The molecule has 0 fully saturated rings. The van der Waals surface area contributed by atoms with E-state index < -0.39 is 0 Å². The predicted molar refractivity (Wildman–Crippen MR) is 91.1 cm³/mol. The van der Waals surface area contributed by atoms with E-state index in [1.807, 2.05) is 30.3 Å². The molecule has 2 aromatic carbocycles. The maximum absolute atomic E-state index is 12.9. The summed E-state index contributed by atoms with van der Waals surface area (Å²) < 4.78 is 12.9. The van der Waals surface area contributed by atoms with Gasteiger partial charge in [0.25, 0.3) is 0 Å². The first kappa shape index (κ1) is 16.8. The molecule has 6 nitrogen and oxygen atoms in total. The van der Waals surface area contributed by atoms with Crippen molar-refractivity contribution in [2.24, 2.45) is 0 Å². The molecular weight excluding hydrogens is 321 g/mol.